The van der Waals surface area contributed by atoms with Gasteiger partial charge in [0.1, 0.15) is 5.60 Å². The number of imidazole rings is 1. The van der Waals surface area contributed by atoms with Crippen molar-refractivity contribution < 1.29 is 14.2 Å². The Morgan fingerprint density at radius 1 is 1.08 bits per heavy atom. The number of aryl methyl sites for hydroxylation is 1. The summed E-state index contributed by atoms with van der Waals surface area (Å²) < 4.78 is 20.5. The zero-order valence-electron chi connectivity index (χ0n) is 24.1. The summed E-state index contributed by atoms with van der Waals surface area (Å²) in [7, 11) is 1.94. The summed E-state index contributed by atoms with van der Waals surface area (Å²) in [6.07, 6.45) is 10.2. The van der Waals surface area contributed by atoms with E-state index in [9.17, 15) is 0 Å². The average Bonchev–Trinajstić information content (AvgIpc) is 3.49. The van der Waals surface area contributed by atoms with Crippen LogP contribution in [0.15, 0.2) is 29.8 Å². The first-order chi connectivity index (χ1) is 17.7. The largest absolute Gasteiger partial charge is 0.456 e. The van der Waals surface area contributed by atoms with Gasteiger partial charge in [-0.3, -0.25) is 4.57 Å². The van der Waals surface area contributed by atoms with Gasteiger partial charge in [0.05, 0.1) is 35.6 Å². The number of fused-ring (bicyclic) bond motifs is 2. The third-order valence-corrected chi connectivity index (χ3v) is 10.9. The maximum absolute atomic E-state index is 6.89. The van der Waals surface area contributed by atoms with E-state index in [0.29, 0.717) is 53.4 Å². The Balaban J connectivity index is 1.25. The van der Waals surface area contributed by atoms with Crippen molar-refractivity contribution in [3.63, 3.8) is 0 Å². The lowest BCUT2D eigenvalue weighted by molar-refractivity contribution is -0.0559. The molecule has 2 aromatic rings. The third-order valence-electron chi connectivity index (χ3n) is 10.6. The smallest absolute Gasteiger partial charge is 0.299 e. The minimum Gasteiger partial charge on any atom is -0.456 e. The molecule has 2 aromatic heterocycles. The van der Waals surface area contributed by atoms with E-state index in [2.05, 4.69) is 66.7 Å². The molecule has 0 aromatic carbocycles. The highest BCUT2D eigenvalue weighted by molar-refractivity contribution is 6.68. The van der Waals surface area contributed by atoms with E-state index < -0.39 is 5.60 Å². The van der Waals surface area contributed by atoms with Crippen molar-refractivity contribution in [1.82, 2.24) is 14.5 Å². The molecule has 0 radical (unpaired) electrons. The van der Waals surface area contributed by atoms with Crippen molar-refractivity contribution in [1.29, 1.82) is 0 Å². The van der Waals surface area contributed by atoms with Crippen LogP contribution in [0.4, 0.5) is 0 Å². The molecule has 1 aliphatic carbocycles. The molecule has 5 atom stereocenters. The summed E-state index contributed by atoms with van der Waals surface area (Å²) in [5.74, 6) is 0.350. The molecule has 204 valence electrons. The highest BCUT2D eigenvalue weighted by atomic mass is 35.5. The zero-order chi connectivity index (χ0) is 27.3. The number of ether oxygens (including phenoxy) is 3. The maximum atomic E-state index is 6.89. The standard InChI is InChI=1S/C30H41BClN3O3/c1-18-14-37-30(7)22(15-36-24(18)30)38-26-34-25-21(35(26)8)13-20(32)23(33-25)29(6)11-9-19(10-12-29)31-16-27(2,3)28(4,5)17-31/h9-11,13,18,22,24H,12,14-17H2,1-8H3/t18?,22?,24-,29?,30-/m1/s1. The SMILES string of the molecule is CC1CO[C@]2(C)C(Oc3nc4nc(C5(C)C=CC(B6CC(C)(C)C(C)(C)C6)=CC5)c(Cl)cc4n3C)CO[C@H]12. The summed E-state index contributed by atoms with van der Waals surface area (Å²) in [6.45, 7) is 17.9. The first-order valence-corrected chi connectivity index (χ1v) is 14.5. The number of hydrogen-bond acceptors (Lipinski definition) is 5. The molecule has 3 aliphatic heterocycles. The van der Waals surface area contributed by atoms with Crippen LogP contribution in [0.1, 0.15) is 60.6 Å². The fourth-order valence-electron chi connectivity index (χ4n) is 7.18. The van der Waals surface area contributed by atoms with Gasteiger partial charge in [-0.2, -0.15) is 4.98 Å². The lowest BCUT2D eigenvalue weighted by Crippen LogP contribution is -2.46. The monoisotopic (exact) mass is 537 g/mol. The second kappa shape index (κ2) is 8.59. The molecule has 6 nitrogen and oxygen atoms in total. The molecule has 0 amide bonds. The van der Waals surface area contributed by atoms with Crippen LogP contribution in [-0.4, -0.2) is 52.3 Å². The van der Waals surface area contributed by atoms with Crippen molar-refractivity contribution in [3.05, 3.63) is 40.5 Å². The molecule has 38 heavy (non-hydrogen) atoms. The van der Waals surface area contributed by atoms with Crippen molar-refractivity contribution in [2.45, 2.75) is 90.8 Å². The second-order valence-corrected chi connectivity index (χ2v) is 14.4. The first kappa shape index (κ1) is 26.4. The molecule has 0 bridgehead atoms. The van der Waals surface area contributed by atoms with E-state index in [1.165, 1.54) is 18.1 Å². The Hall–Kier alpha value is -1.83. The fraction of sp³-hybridized carbons (Fsp3) is 0.667. The van der Waals surface area contributed by atoms with Gasteiger partial charge in [0.2, 0.25) is 0 Å². The van der Waals surface area contributed by atoms with E-state index in [1.807, 2.05) is 17.7 Å². The number of aromatic nitrogens is 3. The quantitative estimate of drug-likeness (QED) is 0.420. The topological polar surface area (TPSA) is 58.4 Å². The summed E-state index contributed by atoms with van der Waals surface area (Å²) in [5.41, 5.74) is 3.74. The number of nitrogens with zero attached hydrogens (tertiary/aromatic N) is 3. The van der Waals surface area contributed by atoms with E-state index in [4.69, 9.17) is 35.8 Å². The van der Waals surface area contributed by atoms with Gasteiger partial charge >= 0.3 is 0 Å². The summed E-state index contributed by atoms with van der Waals surface area (Å²) in [5, 5.41) is 0.656. The molecule has 0 spiro atoms. The molecule has 3 saturated heterocycles. The van der Waals surface area contributed by atoms with Crippen molar-refractivity contribution in [3.8, 4) is 6.01 Å². The van der Waals surface area contributed by atoms with Crippen LogP contribution >= 0.6 is 11.6 Å². The highest BCUT2D eigenvalue weighted by Gasteiger charge is 2.57. The van der Waals surface area contributed by atoms with Gasteiger partial charge in [0, 0.05) is 18.4 Å². The predicted molar refractivity (Wildman–Crippen MR) is 153 cm³/mol. The molecule has 3 unspecified atom stereocenters. The molecule has 0 saturated carbocycles. The molecule has 5 heterocycles. The van der Waals surface area contributed by atoms with Crippen molar-refractivity contribution in [2.24, 2.45) is 23.8 Å². The van der Waals surface area contributed by atoms with E-state index in [-0.39, 0.29) is 17.6 Å². The van der Waals surface area contributed by atoms with Crippen LogP contribution in [0.3, 0.4) is 0 Å². The Bertz CT molecular complexity index is 1330. The van der Waals surface area contributed by atoms with Crippen molar-refractivity contribution >= 4 is 29.5 Å². The number of rotatable bonds is 4. The molecule has 3 fully saturated rings. The van der Waals surface area contributed by atoms with E-state index in [1.54, 1.807) is 0 Å². The molecule has 4 aliphatic rings. The molecule has 8 heteroatoms. The van der Waals surface area contributed by atoms with Gasteiger partial charge in [-0.05, 0) is 30.2 Å². The van der Waals surface area contributed by atoms with Gasteiger partial charge in [0.15, 0.2) is 18.5 Å². The van der Waals surface area contributed by atoms with Gasteiger partial charge in [-0.1, -0.05) is 89.5 Å². The predicted octanol–water partition coefficient (Wildman–Crippen LogP) is 6.44. The molecule has 0 N–H and O–H groups in total. The third kappa shape index (κ3) is 3.90. The fourth-order valence-corrected chi connectivity index (χ4v) is 7.54. The van der Waals surface area contributed by atoms with E-state index in [0.717, 1.165) is 17.6 Å². The maximum Gasteiger partial charge on any atom is 0.299 e. The summed E-state index contributed by atoms with van der Waals surface area (Å²) in [6, 6.07) is 2.49. The van der Waals surface area contributed by atoms with Gasteiger partial charge in [-0.15, -0.1) is 0 Å². The first-order valence-electron chi connectivity index (χ1n) is 14.1. The average molecular weight is 538 g/mol. The number of allylic oxidation sites excluding steroid dienone is 4. The number of halogens is 1. The Labute approximate surface area is 232 Å². The Morgan fingerprint density at radius 3 is 2.45 bits per heavy atom. The van der Waals surface area contributed by atoms with Gasteiger partial charge in [-0.25, -0.2) is 4.98 Å². The Kier molecular flexibility index (Phi) is 5.96. The molecule has 6 rings (SSSR count). The number of pyridine rings is 1. The van der Waals surface area contributed by atoms with Gasteiger partial charge < -0.3 is 14.2 Å². The summed E-state index contributed by atoms with van der Waals surface area (Å²) >= 11 is 6.89. The lowest BCUT2D eigenvalue weighted by Gasteiger charge is -2.35. The molecular formula is C30H41BClN3O3. The van der Waals surface area contributed by atoms with Crippen LogP contribution in [0.2, 0.25) is 17.7 Å². The summed E-state index contributed by atoms with van der Waals surface area (Å²) in [4.78, 5) is 9.80. The minimum absolute atomic E-state index is 0.0405. The van der Waals surface area contributed by atoms with Gasteiger partial charge in [0.25, 0.3) is 6.01 Å². The van der Waals surface area contributed by atoms with Crippen LogP contribution in [-0.2, 0) is 21.9 Å². The van der Waals surface area contributed by atoms with Crippen LogP contribution in [0.5, 0.6) is 6.01 Å². The van der Waals surface area contributed by atoms with E-state index >= 15 is 0 Å². The van der Waals surface area contributed by atoms with Crippen LogP contribution < -0.4 is 4.74 Å². The van der Waals surface area contributed by atoms with Crippen molar-refractivity contribution in [2.75, 3.05) is 13.2 Å². The zero-order valence-corrected chi connectivity index (χ0v) is 24.9. The number of hydrogen-bond donors (Lipinski definition) is 0. The normalized spacial score (nSPS) is 35.7. The minimum atomic E-state index is -0.470. The van der Waals surface area contributed by atoms with Crippen LogP contribution in [0.25, 0.3) is 11.2 Å². The molecular weight excluding hydrogens is 497 g/mol. The second-order valence-electron chi connectivity index (χ2n) is 14.0. The Morgan fingerprint density at radius 2 is 1.79 bits per heavy atom. The van der Waals surface area contributed by atoms with Crippen LogP contribution in [0, 0.1) is 16.7 Å². The lowest BCUT2D eigenvalue weighted by atomic mass is 9.40. The highest BCUT2D eigenvalue weighted by Crippen LogP contribution is 2.55.